The second-order valence-electron chi connectivity index (χ2n) is 31.1. The number of benzene rings is 6. The van der Waals surface area contributed by atoms with Gasteiger partial charge < -0.3 is 68.1 Å². The molecule has 0 spiro atoms. The number of nitrogens with zero attached hydrogens (tertiary/aromatic N) is 14. The number of imidazole rings is 4. The van der Waals surface area contributed by atoms with Crippen LogP contribution in [0.2, 0.25) is 10.0 Å². The number of carboxylic acids is 3. The maximum absolute atomic E-state index is 14.6. The summed E-state index contributed by atoms with van der Waals surface area (Å²) in [5, 5.41) is 51.4. The molecule has 18 aromatic rings. The zero-order chi connectivity index (χ0) is 85.6. The minimum absolute atomic E-state index is 0.0690. The van der Waals surface area contributed by atoms with E-state index in [2.05, 4.69) is 85.7 Å². The Morgan fingerprint density at radius 2 is 0.870 bits per heavy atom. The van der Waals surface area contributed by atoms with Crippen LogP contribution in [0.15, 0.2) is 183 Å². The first kappa shape index (κ1) is 81.0. The number of para-hydroxylation sites is 4. The highest BCUT2D eigenvalue weighted by molar-refractivity contribution is 6.35. The molecule has 3 saturated carbocycles. The van der Waals surface area contributed by atoms with Crippen LogP contribution >= 0.6 is 23.2 Å². The van der Waals surface area contributed by atoms with Gasteiger partial charge in [0.1, 0.15) is 105 Å². The van der Waals surface area contributed by atoms with Crippen LogP contribution in [0, 0.1) is 30.5 Å². The van der Waals surface area contributed by atoms with Crippen molar-refractivity contribution in [1.82, 2.24) is 87.8 Å². The molecule has 0 unspecified atom stereocenters. The molecule has 12 aromatic heterocycles. The number of carboxylic acid groups (broad SMARTS) is 3. The summed E-state index contributed by atoms with van der Waals surface area (Å²) in [7, 11) is 0. The fourth-order valence-electron chi connectivity index (χ4n) is 17.6. The van der Waals surface area contributed by atoms with E-state index in [1.807, 2.05) is 96.2 Å². The predicted molar refractivity (Wildman–Crippen MR) is 470 cm³/mol. The molecule has 30 nitrogen and oxygen atoms in total. The number of halogens is 3. The Bertz CT molecular complexity index is 7060. The number of hydrogen-bond donors (Lipinski definition) is 12. The second kappa shape index (κ2) is 34.0. The van der Waals surface area contributed by atoms with Crippen LogP contribution in [0.5, 0.6) is 0 Å². The number of aliphatic hydroxyl groups excluding tert-OH is 1. The third-order valence-corrected chi connectivity index (χ3v) is 24.5. The molecule has 0 amide bonds. The Morgan fingerprint density at radius 3 is 1.36 bits per heavy atom. The lowest BCUT2D eigenvalue weighted by Crippen LogP contribution is -2.21. The first-order valence-electron chi connectivity index (χ1n) is 40.1. The molecule has 0 atom stereocenters. The maximum atomic E-state index is 14.6. The van der Waals surface area contributed by atoms with E-state index in [0.717, 1.165) is 156 Å². The summed E-state index contributed by atoms with van der Waals surface area (Å²) in [6, 6.07) is 44.7. The quantitative estimate of drug-likeness (QED) is 0.0510. The SMILES string of the molecule is C=O.Cc1cccc2cc(-c3nc(C4CCC(C(=O)O)CC4)n4ncnc(N)c34)[nH]c12.Nc1nccn2c(-c3ccc(C(=O)O)cc3)nc(-c3cc4cccc(Cl)c4[nH]3)c12.Nc1nccn2c(C3CCC(CO)CC3)nc(-c3cc4cccc(Cl)c4[nH]3)c12.Nc1ncnn2c(C3CCC(C(=O)O)CC3)nc(-c3cc4cccc(-c5ccccc5F)c4[nH]3)c12. The Kier molecular flexibility index (Phi) is 22.4. The number of aromatic amines is 4. The molecule has 33 heteroatoms. The Hall–Kier alpha value is -14.4. The normalized spacial score (nSPS) is 17.2. The van der Waals surface area contributed by atoms with Crippen LogP contribution in [-0.4, -0.2) is 140 Å². The fraction of sp³-hybridized carbons (Fsp3) is 0.222. The van der Waals surface area contributed by atoms with Gasteiger partial charge in [0, 0.05) is 92.9 Å². The van der Waals surface area contributed by atoms with E-state index in [-0.39, 0.29) is 41.7 Å². The number of aryl methyl sites for hydroxylation is 1. The molecule has 21 rings (SSSR count). The minimum atomic E-state index is -0.978. The lowest BCUT2D eigenvalue weighted by atomic mass is 9.82. The molecule has 3 aliphatic rings. The monoisotopic (exact) mass is 1690 g/mol. The van der Waals surface area contributed by atoms with Gasteiger partial charge in [0.05, 0.1) is 66.8 Å². The first-order valence-corrected chi connectivity index (χ1v) is 40.9. The van der Waals surface area contributed by atoms with Gasteiger partial charge in [-0.1, -0.05) is 114 Å². The fourth-order valence-corrected chi connectivity index (χ4v) is 18.0. The molecule has 0 saturated heterocycles. The maximum Gasteiger partial charge on any atom is 0.335 e. The van der Waals surface area contributed by atoms with Gasteiger partial charge in [0.2, 0.25) is 0 Å². The molecule has 6 aromatic carbocycles. The van der Waals surface area contributed by atoms with Crippen molar-refractivity contribution in [3.63, 3.8) is 0 Å². The van der Waals surface area contributed by atoms with Crippen LogP contribution in [0.3, 0.4) is 0 Å². The molecule has 0 radical (unpaired) electrons. The summed E-state index contributed by atoms with van der Waals surface area (Å²) in [6.45, 7) is 4.34. The smallest absolute Gasteiger partial charge is 0.335 e. The number of fused-ring (bicyclic) bond motifs is 8. The largest absolute Gasteiger partial charge is 0.481 e. The van der Waals surface area contributed by atoms with Crippen LogP contribution in [-0.2, 0) is 14.4 Å². The van der Waals surface area contributed by atoms with Gasteiger partial charge in [-0.15, -0.1) is 0 Å². The van der Waals surface area contributed by atoms with Gasteiger partial charge in [-0.05, 0) is 150 Å². The number of nitrogens with two attached hydrogens (primary N) is 4. The topological polar surface area (TPSA) is 463 Å². The minimum Gasteiger partial charge on any atom is -0.481 e. The van der Waals surface area contributed by atoms with Crippen molar-refractivity contribution in [3.8, 4) is 68.1 Å². The predicted octanol–water partition coefficient (Wildman–Crippen LogP) is 17.2. The number of aliphatic carboxylic acids is 2. The molecule has 3 fully saturated rings. The molecular formula is C90H83Cl2FN22O8. The van der Waals surface area contributed by atoms with Gasteiger partial charge in [0.25, 0.3) is 0 Å². The Morgan fingerprint density at radius 1 is 0.463 bits per heavy atom. The highest BCUT2D eigenvalue weighted by Crippen LogP contribution is 2.45. The number of nitrogens with one attached hydrogen (secondary N) is 4. The number of nitrogen functional groups attached to an aromatic ring is 4. The van der Waals surface area contributed by atoms with E-state index in [9.17, 15) is 34.1 Å². The number of aromatic nitrogens is 18. The summed E-state index contributed by atoms with van der Waals surface area (Å²) in [6.07, 6.45) is 19.4. The zero-order valence-electron chi connectivity index (χ0n) is 66.3. The van der Waals surface area contributed by atoms with E-state index < -0.39 is 17.9 Å². The van der Waals surface area contributed by atoms with Gasteiger partial charge in [-0.25, -0.2) is 58.1 Å². The first-order chi connectivity index (χ1) is 59.7. The Balaban J connectivity index is 0.000000116. The number of carbonyl (C=O) groups excluding carboxylic acids is 1. The summed E-state index contributed by atoms with van der Waals surface area (Å²) in [5.74, 6) is 2.36. The number of carbonyl (C=O) groups is 4. The van der Waals surface area contributed by atoms with Crippen molar-refractivity contribution >= 4 is 137 Å². The van der Waals surface area contributed by atoms with Gasteiger partial charge in [-0.2, -0.15) is 10.2 Å². The molecule has 622 valence electrons. The van der Waals surface area contributed by atoms with Gasteiger partial charge >= 0.3 is 17.9 Å². The van der Waals surface area contributed by atoms with Crippen molar-refractivity contribution in [2.75, 3.05) is 29.5 Å². The van der Waals surface area contributed by atoms with Crippen molar-refractivity contribution in [1.29, 1.82) is 0 Å². The Labute approximate surface area is 709 Å². The van der Waals surface area contributed by atoms with Crippen LogP contribution in [0.25, 0.3) is 134 Å². The number of hydrogen-bond acceptors (Lipinski definition) is 19. The molecule has 0 bridgehead atoms. The van der Waals surface area contributed by atoms with E-state index in [1.54, 1.807) is 64.0 Å². The highest BCUT2D eigenvalue weighted by atomic mass is 35.5. The molecule has 123 heavy (non-hydrogen) atoms. The number of aromatic carboxylic acids is 1. The number of rotatable bonds is 13. The third kappa shape index (κ3) is 15.4. The van der Waals surface area contributed by atoms with Crippen molar-refractivity contribution in [2.45, 2.75) is 102 Å². The van der Waals surface area contributed by atoms with E-state index >= 15 is 0 Å². The van der Waals surface area contributed by atoms with Crippen molar-refractivity contribution in [3.05, 3.63) is 227 Å². The summed E-state index contributed by atoms with van der Waals surface area (Å²) in [4.78, 5) is 92.1. The molecular weight excluding hydrogens is 1610 g/mol. The average Bonchev–Trinajstić information content (AvgIpc) is 1.61. The van der Waals surface area contributed by atoms with Gasteiger partial charge in [0.15, 0.2) is 11.6 Å². The van der Waals surface area contributed by atoms with E-state index in [1.165, 1.54) is 18.7 Å². The lowest BCUT2D eigenvalue weighted by Gasteiger charge is -2.26. The van der Waals surface area contributed by atoms with Crippen LogP contribution in [0.4, 0.5) is 27.7 Å². The zero-order valence-corrected chi connectivity index (χ0v) is 67.8. The molecule has 12 heterocycles. The summed E-state index contributed by atoms with van der Waals surface area (Å²) < 4.78 is 22.0. The lowest BCUT2D eigenvalue weighted by molar-refractivity contribution is -0.143. The number of H-pyrrole nitrogens is 4. The number of anilines is 4. The van der Waals surface area contributed by atoms with Crippen LogP contribution < -0.4 is 22.9 Å². The molecule has 0 aliphatic heterocycles. The van der Waals surface area contributed by atoms with Gasteiger partial charge in [-0.3, -0.25) is 18.4 Å². The average molecular weight is 1690 g/mol. The summed E-state index contributed by atoms with van der Waals surface area (Å²) in [5.41, 5.74) is 40.7. The second-order valence-corrected chi connectivity index (χ2v) is 31.9. The standard InChI is InChI=1S/C26H23FN6O2.C21H14ClN5O2.C21H22ClN5O.C21H22N6O2.CH2O/c27-19-7-2-1-5-17(19)18-6-3-4-16-12-20(31-21(16)18)22-23-24(28)29-13-30-33(23)25(32-22)14-8-10-15(11-9-14)26(34)35;22-14-3-1-2-13-10-15(25-16(13)14)17-18-19(23)24-8-9-27(18)20(26-17)11-4-6-12(7-5-11)21(28)29;22-15-3-1-2-14-10-16(25-17(14)15)18-19-20(23)24-8-9-27(19)21(26-18)13-6-4-12(11-28)5-7-13;1-11-3-2-4-14-9-15(25-16(11)14)17-18-19(22)23-10-24-27(18)20(26-17)12-5-7-13(8-6-12)21(28)29;1-2/h1-7,12-15,31H,8-11H2,(H,34,35)(H2,28,29,30);1-10,25H,(H2,23,24)(H,28,29);1-3,8-10,12-13,25,28H,4-7,11H2,(H2,23,24);2-4,9-10,12-13,25H,5-8H2,1H3,(H,28,29)(H2,22,23,24);1H2. The number of aliphatic hydroxyl groups is 1. The van der Waals surface area contributed by atoms with Crippen molar-refractivity contribution in [2.24, 2.45) is 17.8 Å². The van der Waals surface area contributed by atoms with Crippen molar-refractivity contribution < 1.29 is 44.0 Å². The van der Waals surface area contributed by atoms with Crippen LogP contribution in [0.1, 0.15) is 128 Å². The van der Waals surface area contributed by atoms with E-state index in [4.69, 9.17) is 76.0 Å². The molecule has 16 N–H and O–H groups in total. The molecule has 3 aliphatic carbocycles. The third-order valence-electron chi connectivity index (χ3n) is 23.8. The summed E-state index contributed by atoms with van der Waals surface area (Å²) >= 11 is 12.7. The highest BCUT2D eigenvalue weighted by Gasteiger charge is 2.35. The van der Waals surface area contributed by atoms with E-state index in [0.29, 0.717) is 123 Å².